The Morgan fingerprint density at radius 2 is 0.267 bits per heavy atom. The molecular weight excluding hydrogens is 1090 g/mol. The van der Waals surface area contributed by atoms with Crippen LogP contribution in [0.2, 0.25) is 0 Å². The molecular formula is C84H54N6. The molecule has 20 rings (SSSR count). The molecule has 0 amide bonds. The van der Waals surface area contributed by atoms with Gasteiger partial charge < -0.3 is 27.4 Å². The van der Waals surface area contributed by atoms with Gasteiger partial charge in [0, 0.05) is 98.8 Å². The number of para-hydroxylation sites is 10. The van der Waals surface area contributed by atoms with Crippen LogP contribution in [0.3, 0.4) is 0 Å². The molecule has 6 heteroatoms. The van der Waals surface area contributed by atoms with Crippen molar-refractivity contribution in [3.63, 3.8) is 0 Å². The molecule has 20 aromatic rings. The minimum Gasteiger partial charge on any atom is -0.309 e. The van der Waals surface area contributed by atoms with Crippen molar-refractivity contribution < 1.29 is 0 Å². The summed E-state index contributed by atoms with van der Waals surface area (Å²) in [6, 6.07) is 119. The van der Waals surface area contributed by atoms with Gasteiger partial charge in [-0.1, -0.05) is 206 Å². The zero-order valence-electron chi connectivity index (χ0n) is 48.9. The average Bonchev–Trinajstić information content (AvgIpc) is 1.72. The molecule has 0 aliphatic rings. The van der Waals surface area contributed by atoms with Crippen molar-refractivity contribution in [2.24, 2.45) is 0 Å². The van der Waals surface area contributed by atoms with Crippen molar-refractivity contribution in [1.82, 2.24) is 27.4 Å². The molecule has 6 nitrogen and oxygen atoms in total. The van der Waals surface area contributed by atoms with E-state index < -0.39 is 0 Å². The largest absolute Gasteiger partial charge is 0.309 e. The summed E-state index contributed by atoms with van der Waals surface area (Å²) in [5, 5.41) is 15.1. The highest BCUT2D eigenvalue weighted by molar-refractivity contribution is 6.16. The lowest BCUT2D eigenvalue weighted by Gasteiger charge is -2.12. The summed E-state index contributed by atoms with van der Waals surface area (Å²) in [5.74, 6) is 0. The van der Waals surface area contributed by atoms with E-state index in [1.54, 1.807) is 0 Å². The fraction of sp³-hybridized carbons (Fsp3) is 0. The Morgan fingerprint density at radius 3 is 0.467 bits per heavy atom. The molecule has 0 radical (unpaired) electrons. The van der Waals surface area contributed by atoms with Gasteiger partial charge in [-0.2, -0.15) is 0 Å². The molecule has 0 spiro atoms. The lowest BCUT2D eigenvalue weighted by molar-refractivity contribution is 1.14. The molecule has 6 aromatic heterocycles. The molecule has 0 saturated carbocycles. The molecule has 420 valence electrons. The monoisotopic (exact) mass is 1150 g/mol. The molecule has 0 saturated heterocycles. The number of hydrogen-bond acceptors (Lipinski definition) is 0. The maximum absolute atomic E-state index is 2.43. The van der Waals surface area contributed by atoms with Crippen molar-refractivity contribution in [3.8, 4) is 34.1 Å². The van der Waals surface area contributed by atoms with E-state index in [9.17, 15) is 0 Å². The summed E-state index contributed by atoms with van der Waals surface area (Å²) in [6.07, 6.45) is 0. The van der Waals surface area contributed by atoms with Crippen molar-refractivity contribution >= 4 is 131 Å². The van der Waals surface area contributed by atoms with Crippen molar-refractivity contribution in [3.05, 3.63) is 328 Å². The Balaban J connectivity index is 0.000000130. The molecule has 0 unspecified atom stereocenters. The van der Waals surface area contributed by atoms with E-state index in [-0.39, 0.29) is 0 Å². The van der Waals surface area contributed by atoms with Crippen LogP contribution in [0.1, 0.15) is 0 Å². The van der Waals surface area contributed by atoms with Gasteiger partial charge in [-0.15, -0.1) is 0 Å². The van der Waals surface area contributed by atoms with Gasteiger partial charge in [0.15, 0.2) is 0 Å². The number of nitrogens with zero attached hydrogens (tertiary/aromatic N) is 6. The summed E-state index contributed by atoms with van der Waals surface area (Å²) >= 11 is 0. The van der Waals surface area contributed by atoms with Gasteiger partial charge in [-0.05, 0) is 121 Å². The number of fused-ring (bicyclic) bond motifs is 18. The Bertz CT molecular complexity index is 5340. The van der Waals surface area contributed by atoms with Crippen LogP contribution in [0.5, 0.6) is 0 Å². The van der Waals surface area contributed by atoms with Crippen molar-refractivity contribution in [2.45, 2.75) is 0 Å². The van der Waals surface area contributed by atoms with Crippen LogP contribution in [-0.4, -0.2) is 27.4 Å². The second kappa shape index (κ2) is 19.7. The zero-order chi connectivity index (χ0) is 59.0. The number of aromatic nitrogens is 6. The van der Waals surface area contributed by atoms with Gasteiger partial charge in [-0.3, -0.25) is 0 Å². The van der Waals surface area contributed by atoms with Gasteiger partial charge in [-0.25, -0.2) is 0 Å². The van der Waals surface area contributed by atoms with Crippen molar-refractivity contribution in [1.29, 1.82) is 0 Å². The van der Waals surface area contributed by atoms with Gasteiger partial charge in [0.1, 0.15) is 0 Å². The standard InChI is InChI=1S/2C42H27N3/c2*1-2-12-28(13-3-1)43-41-26-29(44-37-18-8-4-14-31(37)32-15-5-9-19-38(32)44)22-24-35(41)36-25-23-30(27-42(36)43)45-39-20-10-6-16-33(39)34-17-7-11-21-40(34)45/h2*1-27H. The molecule has 0 atom stereocenters. The highest BCUT2D eigenvalue weighted by Gasteiger charge is 2.22. The molecule has 0 aliphatic carbocycles. The quantitative estimate of drug-likeness (QED) is 0.159. The fourth-order valence-corrected chi connectivity index (χ4v) is 15.1. The molecule has 90 heavy (non-hydrogen) atoms. The normalized spacial score (nSPS) is 12.0. The second-order valence-corrected chi connectivity index (χ2v) is 23.6. The topological polar surface area (TPSA) is 29.6 Å². The average molecular weight is 1150 g/mol. The number of benzene rings is 14. The smallest absolute Gasteiger partial charge is 0.0561 e. The van der Waals surface area contributed by atoms with Gasteiger partial charge >= 0.3 is 0 Å². The lowest BCUT2D eigenvalue weighted by atomic mass is 10.1. The van der Waals surface area contributed by atoms with E-state index in [0.29, 0.717) is 0 Å². The van der Waals surface area contributed by atoms with Crippen LogP contribution in [0, 0.1) is 0 Å². The minimum absolute atomic E-state index is 1.15. The minimum atomic E-state index is 1.15. The summed E-state index contributed by atoms with van der Waals surface area (Å²) in [6.45, 7) is 0. The number of hydrogen-bond donors (Lipinski definition) is 0. The predicted molar refractivity (Wildman–Crippen MR) is 379 cm³/mol. The first-order valence-electron chi connectivity index (χ1n) is 30.9. The van der Waals surface area contributed by atoms with E-state index in [1.807, 2.05) is 0 Å². The third-order valence-electron chi connectivity index (χ3n) is 18.9. The molecule has 0 bridgehead atoms. The van der Waals surface area contributed by atoms with E-state index in [4.69, 9.17) is 0 Å². The summed E-state index contributed by atoms with van der Waals surface area (Å²) in [4.78, 5) is 0. The van der Waals surface area contributed by atoms with Gasteiger partial charge in [0.25, 0.3) is 0 Å². The predicted octanol–water partition coefficient (Wildman–Crippen LogP) is 22.0. The summed E-state index contributed by atoms with van der Waals surface area (Å²) in [7, 11) is 0. The van der Waals surface area contributed by atoms with E-state index in [2.05, 4.69) is 355 Å². The lowest BCUT2D eigenvalue weighted by Crippen LogP contribution is -1.98. The van der Waals surface area contributed by atoms with E-state index in [1.165, 1.54) is 131 Å². The zero-order valence-corrected chi connectivity index (χ0v) is 48.9. The fourth-order valence-electron chi connectivity index (χ4n) is 15.1. The van der Waals surface area contributed by atoms with Crippen LogP contribution < -0.4 is 0 Å². The highest BCUT2D eigenvalue weighted by atomic mass is 15.0. The molecule has 14 aromatic carbocycles. The first kappa shape index (κ1) is 50.1. The Kier molecular flexibility index (Phi) is 11.0. The molecule has 0 N–H and O–H groups in total. The van der Waals surface area contributed by atoms with Crippen LogP contribution in [-0.2, 0) is 0 Å². The SMILES string of the molecule is c1ccc(-n2c3cc(-n4c5ccccc5c5ccccc54)ccc3c3ccc(-n4c5ccccc5c5ccccc54)cc32)cc1.c1ccc(-n2c3cc(-n4c5ccccc5c5ccccc54)ccc3c3ccc(-n4c5ccccc5c5ccccc54)cc32)cc1. The second-order valence-electron chi connectivity index (χ2n) is 23.6. The first-order valence-corrected chi connectivity index (χ1v) is 30.9. The highest BCUT2D eigenvalue weighted by Crippen LogP contribution is 2.42. The molecule has 0 aliphatic heterocycles. The summed E-state index contributed by atoms with van der Waals surface area (Å²) < 4.78 is 14.5. The first-order chi connectivity index (χ1) is 44.7. The Labute approximate surface area is 517 Å². The van der Waals surface area contributed by atoms with E-state index >= 15 is 0 Å². The van der Waals surface area contributed by atoms with E-state index in [0.717, 1.165) is 34.1 Å². The van der Waals surface area contributed by atoms with Gasteiger partial charge in [0.05, 0.1) is 66.2 Å². The third-order valence-corrected chi connectivity index (χ3v) is 18.9. The maximum Gasteiger partial charge on any atom is 0.0561 e. The van der Waals surface area contributed by atoms with Crippen LogP contribution in [0.15, 0.2) is 328 Å². The van der Waals surface area contributed by atoms with Crippen LogP contribution >= 0.6 is 0 Å². The van der Waals surface area contributed by atoms with Crippen LogP contribution in [0.25, 0.3) is 165 Å². The summed E-state index contributed by atoms with van der Waals surface area (Å²) in [5.41, 5.74) is 21.4. The van der Waals surface area contributed by atoms with Gasteiger partial charge in [0.2, 0.25) is 0 Å². The number of rotatable bonds is 6. The Morgan fingerprint density at radius 1 is 0.111 bits per heavy atom. The molecule has 0 fully saturated rings. The third kappa shape index (κ3) is 7.39. The molecule has 6 heterocycles. The maximum atomic E-state index is 2.43. The van der Waals surface area contributed by atoms with Crippen molar-refractivity contribution in [2.75, 3.05) is 0 Å². The Hall–Kier alpha value is -12.1. The van der Waals surface area contributed by atoms with Crippen LogP contribution in [0.4, 0.5) is 0 Å².